The summed E-state index contributed by atoms with van der Waals surface area (Å²) in [6.45, 7) is 9.37. The van der Waals surface area contributed by atoms with Crippen molar-refractivity contribution in [2.75, 3.05) is 26.2 Å². The molecular formula is C12H22N2O3. The highest BCUT2D eigenvalue weighted by Crippen LogP contribution is 2.21. The Hall–Kier alpha value is -1.10. The molecule has 98 valence electrons. The van der Waals surface area contributed by atoms with Crippen LogP contribution in [0.1, 0.15) is 27.7 Å². The molecule has 1 saturated heterocycles. The minimum absolute atomic E-state index is 0.149. The first-order valence-electron chi connectivity index (χ1n) is 6.09. The van der Waals surface area contributed by atoms with E-state index in [4.69, 9.17) is 4.74 Å². The van der Waals surface area contributed by atoms with E-state index in [0.29, 0.717) is 19.7 Å². The molecule has 0 spiro atoms. The molecule has 1 amide bonds. The van der Waals surface area contributed by atoms with Gasteiger partial charge in [0.05, 0.1) is 6.61 Å². The molecule has 0 bridgehead atoms. The van der Waals surface area contributed by atoms with Gasteiger partial charge >= 0.3 is 5.97 Å². The lowest BCUT2D eigenvalue weighted by Gasteiger charge is -2.36. The second-order valence-corrected chi connectivity index (χ2v) is 4.95. The number of ether oxygens (including phenoxy) is 1. The van der Waals surface area contributed by atoms with E-state index in [2.05, 4.69) is 5.32 Å². The lowest BCUT2D eigenvalue weighted by Crippen LogP contribution is -2.55. The highest BCUT2D eigenvalue weighted by Gasteiger charge is 2.41. The van der Waals surface area contributed by atoms with Crippen molar-refractivity contribution in [3.05, 3.63) is 0 Å². The fourth-order valence-electron chi connectivity index (χ4n) is 1.91. The Bertz CT molecular complexity index is 302. The normalized spacial score (nSPS) is 21.2. The number of esters is 1. The second kappa shape index (κ2) is 5.49. The fraction of sp³-hybridized carbons (Fsp3) is 0.833. The Labute approximate surface area is 102 Å². The van der Waals surface area contributed by atoms with Crippen LogP contribution in [-0.2, 0) is 14.3 Å². The maximum atomic E-state index is 12.3. The molecule has 1 N–H and O–H groups in total. The summed E-state index contributed by atoms with van der Waals surface area (Å²) in [5.41, 5.74) is -1.09. The third-order valence-corrected chi connectivity index (χ3v) is 2.98. The van der Waals surface area contributed by atoms with E-state index in [0.717, 1.165) is 6.54 Å². The highest BCUT2D eigenvalue weighted by atomic mass is 16.5. The van der Waals surface area contributed by atoms with E-state index in [1.165, 1.54) is 0 Å². The molecule has 5 heteroatoms. The number of hydrogen-bond acceptors (Lipinski definition) is 4. The minimum Gasteiger partial charge on any atom is -0.465 e. The minimum atomic E-state index is -1.09. The number of nitrogens with one attached hydrogen (secondary N) is 1. The predicted molar refractivity (Wildman–Crippen MR) is 64.5 cm³/mol. The van der Waals surface area contributed by atoms with Crippen molar-refractivity contribution in [1.82, 2.24) is 10.2 Å². The summed E-state index contributed by atoms with van der Waals surface area (Å²) in [6, 6.07) is 0.269. The van der Waals surface area contributed by atoms with Crippen LogP contribution in [0.25, 0.3) is 0 Å². The van der Waals surface area contributed by atoms with Crippen molar-refractivity contribution in [2.24, 2.45) is 5.41 Å². The maximum absolute atomic E-state index is 12.3. The molecule has 1 rings (SSSR count). The van der Waals surface area contributed by atoms with Gasteiger partial charge in [-0.3, -0.25) is 9.59 Å². The molecule has 1 heterocycles. The zero-order valence-corrected chi connectivity index (χ0v) is 11.1. The van der Waals surface area contributed by atoms with E-state index < -0.39 is 11.4 Å². The number of piperazine rings is 1. The number of carbonyl (C=O) groups is 2. The summed E-state index contributed by atoms with van der Waals surface area (Å²) in [5.74, 6) is -0.597. The van der Waals surface area contributed by atoms with Crippen LogP contribution < -0.4 is 5.32 Å². The van der Waals surface area contributed by atoms with Crippen LogP contribution in [-0.4, -0.2) is 49.1 Å². The first-order valence-corrected chi connectivity index (χ1v) is 6.09. The van der Waals surface area contributed by atoms with Gasteiger partial charge in [0, 0.05) is 25.7 Å². The average molecular weight is 242 g/mol. The summed E-state index contributed by atoms with van der Waals surface area (Å²) in [7, 11) is 0. The maximum Gasteiger partial charge on any atom is 0.321 e. The summed E-state index contributed by atoms with van der Waals surface area (Å²) in [4.78, 5) is 25.8. The van der Waals surface area contributed by atoms with Crippen LogP contribution >= 0.6 is 0 Å². The molecule has 0 aromatic carbocycles. The Balaban J connectivity index is 2.70. The molecule has 0 saturated carbocycles. The molecule has 1 aliphatic rings. The Morgan fingerprint density at radius 1 is 1.47 bits per heavy atom. The molecule has 0 aliphatic carbocycles. The van der Waals surface area contributed by atoms with Crippen molar-refractivity contribution in [3.63, 3.8) is 0 Å². The quantitative estimate of drug-likeness (QED) is 0.575. The molecule has 5 nitrogen and oxygen atoms in total. The van der Waals surface area contributed by atoms with Crippen LogP contribution in [0.4, 0.5) is 0 Å². The topological polar surface area (TPSA) is 58.6 Å². The van der Waals surface area contributed by atoms with Gasteiger partial charge in [-0.25, -0.2) is 0 Å². The zero-order valence-electron chi connectivity index (χ0n) is 11.1. The standard InChI is InChI=1S/C12H22N2O3/c1-5-17-11(16)12(3,4)10(15)14-7-6-13-9(2)8-14/h9,13H,5-8H2,1-4H3/t9-/m1/s1. The van der Waals surface area contributed by atoms with Gasteiger partial charge in [-0.2, -0.15) is 0 Å². The van der Waals surface area contributed by atoms with Gasteiger partial charge in [-0.15, -0.1) is 0 Å². The van der Waals surface area contributed by atoms with Gasteiger partial charge in [0.25, 0.3) is 0 Å². The van der Waals surface area contributed by atoms with Crippen molar-refractivity contribution in [1.29, 1.82) is 0 Å². The van der Waals surface area contributed by atoms with Gasteiger partial charge in [-0.05, 0) is 27.7 Å². The third kappa shape index (κ3) is 3.19. The van der Waals surface area contributed by atoms with E-state index in [9.17, 15) is 9.59 Å². The second-order valence-electron chi connectivity index (χ2n) is 4.95. The van der Waals surface area contributed by atoms with Crippen molar-refractivity contribution >= 4 is 11.9 Å². The summed E-state index contributed by atoms with van der Waals surface area (Å²) in [5, 5.41) is 3.26. The van der Waals surface area contributed by atoms with Crippen molar-refractivity contribution in [3.8, 4) is 0 Å². The number of amides is 1. The smallest absolute Gasteiger partial charge is 0.321 e. The number of rotatable bonds is 3. The number of hydrogen-bond donors (Lipinski definition) is 1. The monoisotopic (exact) mass is 242 g/mol. The molecule has 0 unspecified atom stereocenters. The van der Waals surface area contributed by atoms with Crippen LogP contribution in [0.5, 0.6) is 0 Å². The molecule has 1 fully saturated rings. The molecule has 17 heavy (non-hydrogen) atoms. The van der Waals surface area contributed by atoms with Crippen LogP contribution in [0.3, 0.4) is 0 Å². The average Bonchev–Trinajstić information content (AvgIpc) is 2.28. The predicted octanol–water partition coefficient (Wildman–Crippen LogP) is 0.396. The summed E-state index contributed by atoms with van der Waals surface area (Å²) in [6.07, 6.45) is 0. The van der Waals surface area contributed by atoms with Gasteiger partial charge < -0.3 is 15.0 Å². The van der Waals surface area contributed by atoms with Gasteiger partial charge in [0.2, 0.25) is 5.91 Å². The fourth-order valence-corrected chi connectivity index (χ4v) is 1.91. The van der Waals surface area contributed by atoms with Gasteiger partial charge in [0.15, 0.2) is 0 Å². The van der Waals surface area contributed by atoms with Gasteiger partial charge in [-0.1, -0.05) is 0 Å². The van der Waals surface area contributed by atoms with Crippen LogP contribution in [0, 0.1) is 5.41 Å². The first kappa shape index (κ1) is 14.0. The molecule has 0 radical (unpaired) electrons. The van der Waals surface area contributed by atoms with Crippen molar-refractivity contribution < 1.29 is 14.3 Å². The largest absolute Gasteiger partial charge is 0.465 e. The lowest BCUT2D eigenvalue weighted by atomic mass is 9.91. The molecule has 0 aromatic heterocycles. The summed E-state index contributed by atoms with van der Waals surface area (Å²) >= 11 is 0. The van der Waals surface area contributed by atoms with E-state index in [1.54, 1.807) is 25.7 Å². The highest BCUT2D eigenvalue weighted by molar-refractivity contribution is 6.01. The Morgan fingerprint density at radius 3 is 2.65 bits per heavy atom. The lowest BCUT2D eigenvalue weighted by molar-refractivity contribution is -0.163. The SMILES string of the molecule is CCOC(=O)C(C)(C)C(=O)N1CCN[C@H](C)C1. The first-order chi connectivity index (χ1) is 7.89. The number of carbonyl (C=O) groups excluding carboxylic acids is 2. The molecule has 1 atom stereocenters. The Kier molecular flexibility index (Phi) is 4.51. The number of nitrogens with zero attached hydrogens (tertiary/aromatic N) is 1. The Morgan fingerprint density at radius 2 is 2.12 bits per heavy atom. The van der Waals surface area contributed by atoms with E-state index in [1.807, 2.05) is 6.92 Å². The van der Waals surface area contributed by atoms with E-state index >= 15 is 0 Å². The van der Waals surface area contributed by atoms with Crippen LogP contribution in [0.15, 0.2) is 0 Å². The summed E-state index contributed by atoms with van der Waals surface area (Å²) < 4.78 is 4.94. The molecule has 0 aromatic rings. The van der Waals surface area contributed by atoms with Crippen LogP contribution in [0.2, 0.25) is 0 Å². The molecule has 1 aliphatic heterocycles. The third-order valence-electron chi connectivity index (χ3n) is 2.98. The van der Waals surface area contributed by atoms with Gasteiger partial charge in [0.1, 0.15) is 5.41 Å². The van der Waals surface area contributed by atoms with Crippen molar-refractivity contribution in [2.45, 2.75) is 33.7 Å². The zero-order chi connectivity index (χ0) is 13.1. The van der Waals surface area contributed by atoms with E-state index in [-0.39, 0.29) is 11.9 Å². The molecular weight excluding hydrogens is 220 g/mol.